The van der Waals surface area contributed by atoms with Crippen molar-refractivity contribution in [3.8, 4) is 5.75 Å². The standard InChI is InChI=1S/C13H13N3O4S/c1-7-5-14-11(21-7)6-15-13(20)16-10-3-2-8(17)4-9(10)12(18)19/h2-5,17H,6H2,1H3,(H,18,19)(H2,15,16,20). The van der Waals surface area contributed by atoms with Crippen LogP contribution in [0.3, 0.4) is 0 Å². The maximum Gasteiger partial charge on any atom is 0.337 e. The molecule has 1 aromatic heterocycles. The fourth-order valence-corrected chi connectivity index (χ4v) is 2.35. The number of carbonyl (C=O) groups excluding carboxylic acids is 1. The summed E-state index contributed by atoms with van der Waals surface area (Å²) in [6.07, 6.45) is 1.71. The minimum absolute atomic E-state index is 0.105. The second kappa shape index (κ2) is 6.23. The minimum atomic E-state index is -1.24. The molecular weight excluding hydrogens is 294 g/mol. The van der Waals surface area contributed by atoms with Gasteiger partial charge in [0.25, 0.3) is 0 Å². The van der Waals surface area contributed by atoms with Crippen molar-refractivity contribution in [3.05, 3.63) is 39.8 Å². The van der Waals surface area contributed by atoms with E-state index in [0.29, 0.717) is 0 Å². The summed E-state index contributed by atoms with van der Waals surface area (Å²) < 4.78 is 0. The number of hydrogen-bond donors (Lipinski definition) is 4. The van der Waals surface area contributed by atoms with Gasteiger partial charge in [0.2, 0.25) is 0 Å². The van der Waals surface area contributed by atoms with Crippen molar-refractivity contribution >= 4 is 29.0 Å². The summed E-state index contributed by atoms with van der Waals surface area (Å²) in [5, 5.41) is 24.1. The van der Waals surface area contributed by atoms with Gasteiger partial charge in [-0.2, -0.15) is 0 Å². The summed E-state index contributed by atoms with van der Waals surface area (Å²) in [6.45, 7) is 2.17. The van der Waals surface area contributed by atoms with Gasteiger partial charge in [0.05, 0.1) is 17.8 Å². The summed E-state index contributed by atoms with van der Waals surface area (Å²) in [6, 6.07) is 3.15. The summed E-state index contributed by atoms with van der Waals surface area (Å²) in [5.41, 5.74) is -0.0802. The molecule has 0 radical (unpaired) electrons. The van der Waals surface area contributed by atoms with E-state index in [0.717, 1.165) is 16.0 Å². The van der Waals surface area contributed by atoms with Crippen molar-refractivity contribution in [2.75, 3.05) is 5.32 Å². The normalized spacial score (nSPS) is 10.1. The van der Waals surface area contributed by atoms with Crippen LogP contribution in [0, 0.1) is 6.92 Å². The molecule has 21 heavy (non-hydrogen) atoms. The highest BCUT2D eigenvalue weighted by Crippen LogP contribution is 2.21. The molecule has 0 aliphatic carbocycles. The lowest BCUT2D eigenvalue weighted by atomic mass is 10.1. The Bertz CT molecular complexity index is 684. The molecule has 0 atom stereocenters. The van der Waals surface area contributed by atoms with Gasteiger partial charge in [-0.1, -0.05) is 0 Å². The number of amides is 2. The minimum Gasteiger partial charge on any atom is -0.508 e. The molecule has 2 aromatic rings. The number of phenols is 1. The molecule has 0 saturated carbocycles. The first kappa shape index (κ1) is 14.8. The molecule has 0 fully saturated rings. The molecular formula is C13H13N3O4S. The largest absolute Gasteiger partial charge is 0.508 e. The van der Waals surface area contributed by atoms with E-state index < -0.39 is 12.0 Å². The second-order valence-electron chi connectivity index (χ2n) is 4.21. The predicted molar refractivity (Wildman–Crippen MR) is 77.8 cm³/mol. The van der Waals surface area contributed by atoms with Gasteiger partial charge >= 0.3 is 12.0 Å². The Hall–Kier alpha value is -2.61. The lowest BCUT2D eigenvalue weighted by Gasteiger charge is -2.09. The molecule has 1 heterocycles. The second-order valence-corrected chi connectivity index (χ2v) is 5.53. The van der Waals surface area contributed by atoms with Crippen LogP contribution in [-0.2, 0) is 6.54 Å². The van der Waals surface area contributed by atoms with Gasteiger partial charge < -0.3 is 20.8 Å². The van der Waals surface area contributed by atoms with Crippen LogP contribution in [0.5, 0.6) is 5.75 Å². The first-order chi connectivity index (χ1) is 9.95. The van der Waals surface area contributed by atoms with Crippen molar-refractivity contribution in [3.63, 3.8) is 0 Å². The third-order valence-corrected chi connectivity index (χ3v) is 3.46. The molecule has 0 bridgehead atoms. The number of thiazole rings is 1. The lowest BCUT2D eigenvalue weighted by molar-refractivity contribution is 0.0697. The third-order valence-electron chi connectivity index (χ3n) is 2.55. The monoisotopic (exact) mass is 307 g/mol. The first-order valence-corrected chi connectivity index (χ1v) is 6.80. The van der Waals surface area contributed by atoms with Crippen LogP contribution in [0.25, 0.3) is 0 Å². The van der Waals surface area contributed by atoms with Gasteiger partial charge in [-0.15, -0.1) is 11.3 Å². The summed E-state index contributed by atoms with van der Waals surface area (Å²) in [7, 11) is 0. The topological polar surface area (TPSA) is 112 Å². The van der Waals surface area contributed by atoms with Crippen LogP contribution in [0.4, 0.5) is 10.5 Å². The zero-order valence-electron chi connectivity index (χ0n) is 11.1. The number of aromatic carboxylic acids is 1. The van der Waals surface area contributed by atoms with E-state index in [1.807, 2.05) is 6.92 Å². The Morgan fingerprint density at radius 2 is 2.14 bits per heavy atom. The van der Waals surface area contributed by atoms with Crippen molar-refractivity contribution in [2.45, 2.75) is 13.5 Å². The Kier molecular flexibility index (Phi) is 4.39. The molecule has 7 nitrogen and oxygen atoms in total. The molecule has 0 aliphatic rings. The zero-order chi connectivity index (χ0) is 15.4. The van der Waals surface area contributed by atoms with E-state index in [4.69, 9.17) is 5.11 Å². The van der Waals surface area contributed by atoms with Crippen LogP contribution in [0.1, 0.15) is 20.2 Å². The highest BCUT2D eigenvalue weighted by molar-refractivity contribution is 7.11. The number of urea groups is 1. The van der Waals surface area contributed by atoms with Gasteiger partial charge in [-0.25, -0.2) is 14.6 Å². The van der Waals surface area contributed by atoms with Gasteiger partial charge in [-0.05, 0) is 25.1 Å². The van der Waals surface area contributed by atoms with Crippen LogP contribution < -0.4 is 10.6 Å². The Balaban J connectivity index is 2.01. The number of benzene rings is 1. The van der Waals surface area contributed by atoms with E-state index in [-0.39, 0.29) is 23.5 Å². The maximum absolute atomic E-state index is 11.8. The molecule has 2 amide bonds. The lowest BCUT2D eigenvalue weighted by Crippen LogP contribution is -2.28. The molecule has 0 spiro atoms. The molecule has 4 N–H and O–H groups in total. The van der Waals surface area contributed by atoms with E-state index in [9.17, 15) is 14.7 Å². The molecule has 1 aromatic carbocycles. The summed E-state index contributed by atoms with van der Waals surface area (Å²) in [5.74, 6) is -1.42. The summed E-state index contributed by atoms with van der Waals surface area (Å²) in [4.78, 5) is 27.9. The quantitative estimate of drug-likeness (QED) is 0.647. The Labute approximate surface area is 124 Å². The number of carbonyl (C=O) groups is 2. The SMILES string of the molecule is Cc1cnc(CNC(=O)Nc2ccc(O)cc2C(=O)O)s1. The van der Waals surface area contributed by atoms with Crippen LogP contribution >= 0.6 is 11.3 Å². The van der Waals surface area contributed by atoms with Crippen LogP contribution in [0.15, 0.2) is 24.4 Å². The Morgan fingerprint density at radius 1 is 1.38 bits per heavy atom. The van der Waals surface area contributed by atoms with Gasteiger partial charge in [0.1, 0.15) is 10.8 Å². The van der Waals surface area contributed by atoms with E-state index in [1.54, 1.807) is 6.20 Å². The van der Waals surface area contributed by atoms with Crippen molar-refractivity contribution in [2.24, 2.45) is 0 Å². The highest BCUT2D eigenvalue weighted by Gasteiger charge is 2.13. The van der Waals surface area contributed by atoms with Crippen LogP contribution in [0.2, 0.25) is 0 Å². The third kappa shape index (κ3) is 3.93. The predicted octanol–water partition coefficient (Wildman–Crippen LogP) is 2.18. The van der Waals surface area contributed by atoms with E-state index in [1.165, 1.54) is 23.5 Å². The van der Waals surface area contributed by atoms with Gasteiger partial charge in [-0.3, -0.25) is 0 Å². The number of phenolic OH excluding ortho intramolecular Hbond substituents is 1. The number of aromatic nitrogens is 1. The summed E-state index contributed by atoms with van der Waals surface area (Å²) >= 11 is 1.47. The molecule has 2 rings (SSSR count). The van der Waals surface area contributed by atoms with Crippen molar-refractivity contribution < 1.29 is 19.8 Å². The maximum atomic E-state index is 11.8. The number of rotatable bonds is 4. The smallest absolute Gasteiger partial charge is 0.337 e. The number of carboxylic acids is 1. The molecule has 0 unspecified atom stereocenters. The molecule has 0 aliphatic heterocycles. The molecule has 0 saturated heterocycles. The number of carboxylic acid groups (broad SMARTS) is 1. The number of nitrogens with one attached hydrogen (secondary N) is 2. The number of hydrogen-bond acceptors (Lipinski definition) is 5. The van der Waals surface area contributed by atoms with Crippen LogP contribution in [-0.4, -0.2) is 27.2 Å². The van der Waals surface area contributed by atoms with Crippen molar-refractivity contribution in [1.29, 1.82) is 0 Å². The number of nitrogens with zero attached hydrogens (tertiary/aromatic N) is 1. The number of aromatic hydroxyl groups is 1. The highest BCUT2D eigenvalue weighted by atomic mass is 32.1. The fraction of sp³-hybridized carbons (Fsp3) is 0.154. The number of anilines is 1. The average Bonchev–Trinajstić information content (AvgIpc) is 2.84. The molecule has 110 valence electrons. The first-order valence-electron chi connectivity index (χ1n) is 5.98. The van der Waals surface area contributed by atoms with Gasteiger partial charge in [0.15, 0.2) is 0 Å². The van der Waals surface area contributed by atoms with Gasteiger partial charge in [0, 0.05) is 11.1 Å². The van der Waals surface area contributed by atoms with Crippen molar-refractivity contribution in [1.82, 2.24) is 10.3 Å². The fourth-order valence-electron chi connectivity index (χ4n) is 1.62. The zero-order valence-corrected chi connectivity index (χ0v) is 11.9. The Morgan fingerprint density at radius 3 is 2.76 bits per heavy atom. The van der Waals surface area contributed by atoms with E-state index in [2.05, 4.69) is 15.6 Å². The molecule has 8 heteroatoms. The number of aryl methyl sites for hydroxylation is 1. The van der Waals surface area contributed by atoms with E-state index >= 15 is 0 Å². The average molecular weight is 307 g/mol.